The van der Waals surface area contributed by atoms with Gasteiger partial charge in [-0.3, -0.25) is 9.59 Å². The van der Waals surface area contributed by atoms with Crippen LogP contribution in [0.3, 0.4) is 0 Å². The maximum atomic E-state index is 12.6. The second kappa shape index (κ2) is 7.40. The zero-order valence-corrected chi connectivity index (χ0v) is 14.8. The maximum Gasteiger partial charge on any atom is 0.250 e. The Kier molecular flexibility index (Phi) is 5.05. The van der Waals surface area contributed by atoms with Gasteiger partial charge < -0.3 is 4.57 Å². The lowest BCUT2D eigenvalue weighted by molar-refractivity contribution is 0.0966. The van der Waals surface area contributed by atoms with Gasteiger partial charge in [0, 0.05) is 23.6 Å². The van der Waals surface area contributed by atoms with Gasteiger partial charge in [0.25, 0.3) is 5.56 Å². The SMILES string of the molecule is C=Cc1ccc(=O)n(CC(=O)c2nsc(Cc3ccccc3)c2C)c1. The van der Waals surface area contributed by atoms with Gasteiger partial charge in [-0.2, -0.15) is 4.37 Å². The summed E-state index contributed by atoms with van der Waals surface area (Å²) < 4.78 is 5.73. The molecule has 126 valence electrons. The van der Waals surface area contributed by atoms with Crippen molar-refractivity contribution in [2.45, 2.75) is 19.9 Å². The fourth-order valence-electron chi connectivity index (χ4n) is 2.60. The molecule has 25 heavy (non-hydrogen) atoms. The molecule has 4 nitrogen and oxygen atoms in total. The van der Waals surface area contributed by atoms with E-state index in [1.54, 1.807) is 18.3 Å². The molecule has 0 fully saturated rings. The van der Waals surface area contributed by atoms with Crippen molar-refractivity contribution in [3.05, 3.63) is 92.9 Å². The van der Waals surface area contributed by atoms with Crippen LogP contribution in [0.2, 0.25) is 0 Å². The first-order chi connectivity index (χ1) is 12.1. The van der Waals surface area contributed by atoms with Crippen LogP contribution in [0, 0.1) is 6.92 Å². The van der Waals surface area contributed by atoms with Crippen molar-refractivity contribution in [3.63, 3.8) is 0 Å². The summed E-state index contributed by atoms with van der Waals surface area (Å²) in [5.41, 5.74) is 3.12. The highest BCUT2D eigenvalue weighted by atomic mass is 32.1. The third kappa shape index (κ3) is 3.83. The Bertz CT molecular complexity index is 971. The summed E-state index contributed by atoms with van der Waals surface area (Å²) in [5.74, 6) is -0.156. The second-order valence-corrected chi connectivity index (χ2v) is 6.66. The molecule has 2 aromatic heterocycles. The lowest BCUT2D eigenvalue weighted by atomic mass is 10.1. The summed E-state index contributed by atoms with van der Waals surface area (Å²) in [6.45, 7) is 5.58. The van der Waals surface area contributed by atoms with Crippen LogP contribution < -0.4 is 5.56 Å². The molecule has 0 aliphatic heterocycles. The number of rotatable bonds is 6. The quantitative estimate of drug-likeness (QED) is 0.637. The van der Waals surface area contributed by atoms with Crippen molar-refractivity contribution in [2.24, 2.45) is 0 Å². The number of carbonyl (C=O) groups is 1. The molecule has 0 atom stereocenters. The smallest absolute Gasteiger partial charge is 0.250 e. The average Bonchev–Trinajstić information content (AvgIpc) is 2.98. The Morgan fingerprint density at radius 3 is 2.72 bits per heavy atom. The maximum absolute atomic E-state index is 12.6. The van der Waals surface area contributed by atoms with E-state index in [0.29, 0.717) is 5.69 Å². The van der Waals surface area contributed by atoms with Gasteiger partial charge in [-0.15, -0.1) is 0 Å². The number of ketones is 1. The van der Waals surface area contributed by atoms with E-state index in [1.807, 2.05) is 25.1 Å². The molecule has 0 spiro atoms. The highest BCUT2D eigenvalue weighted by molar-refractivity contribution is 7.06. The van der Waals surface area contributed by atoms with Crippen molar-refractivity contribution < 1.29 is 4.79 Å². The number of carbonyl (C=O) groups excluding carboxylic acids is 1. The summed E-state index contributed by atoms with van der Waals surface area (Å²) in [5, 5.41) is 0. The highest BCUT2D eigenvalue weighted by Crippen LogP contribution is 2.22. The first kappa shape index (κ1) is 17.0. The standard InChI is InChI=1S/C20H18N2O2S/c1-3-15-9-10-19(24)22(12-15)13-17(23)20-14(2)18(25-21-20)11-16-7-5-4-6-8-16/h3-10,12H,1,11,13H2,2H3. The number of aromatic nitrogens is 2. The van der Waals surface area contributed by atoms with Crippen LogP contribution in [-0.4, -0.2) is 14.7 Å². The molecule has 0 saturated heterocycles. The Balaban J connectivity index is 1.82. The van der Waals surface area contributed by atoms with E-state index in [1.165, 1.54) is 27.7 Å². The highest BCUT2D eigenvalue weighted by Gasteiger charge is 2.17. The van der Waals surface area contributed by atoms with E-state index in [9.17, 15) is 9.59 Å². The minimum Gasteiger partial charge on any atom is -0.307 e. The van der Waals surface area contributed by atoms with Gasteiger partial charge >= 0.3 is 0 Å². The van der Waals surface area contributed by atoms with Crippen LogP contribution in [0.5, 0.6) is 0 Å². The van der Waals surface area contributed by atoms with Crippen LogP contribution >= 0.6 is 11.5 Å². The van der Waals surface area contributed by atoms with Crippen LogP contribution in [-0.2, 0) is 13.0 Å². The Hall–Kier alpha value is -2.79. The minimum absolute atomic E-state index is 0.0180. The van der Waals surface area contributed by atoms with Gasteiger partial charge in [-0.25, -0.2) is 0 Å². The zero-order chi connectivity index (χ0) is 17.8. The largest absolute Gasteiger partial charge is 0.307 e. The molecule has 0 aliphatic carbocycles. The fraction of sp³-hybridized carbons (Fsp3) is 0.150. The van der Waals surface area contributed by atoms with Crippen LogP contribution in [0.4, 0.5) is 0 Å². The Labute approximate surface area is 150 Å². The summed E-state index contributed by atoms with van der Waals surface area (Å²) in [6.07, 6.45) is 4.04. The molecule has 0 radical (unpaired) electrons. The van der Waals surface area contributed by atoms with Crippen molar-refractivity contribution >= 4 is 23.4 Å². The van der Waals surface area contributed by atoms with E-state index in [4.69, 9.17) is 0 Å². The van der Waals surface area contributed by atoms with Gasteiger partial charge in [-0.1, -0.05) is 43.0 Å². The summed E-state index contributed by atoms with van der Waals surface area (Å²) in [6, 6.07) is 13.2. The first-order valence-electron chi connectivity index (χ1n) is 7.93. The van der Waals surface area contributed by atoms with E-state index >= 15 is 0 Å². The zero-order valence-electron chi connectivity index (χ0n) is 13.9. The molecule has 0 saturated carbocycles. The molecular weight excluding hydrogens is 332 g/mol. The molecule has 2 heterocycles. The van der Waals surface area contributed by atoms with Gasteiger partial charge in [-0.05, 0) is 41.2 Å². The Morgan fingerprint density at radius 1 is 1.24 bits per heavy atom. The second-order valence-electron chi connectivity index (χ2n) is 5.80. The van der Waals surface area contributed by atoms with Gasteiger partial charge in [0.15, 0.2) is 0 Å². The predicted octanol–water partition coefficient (Wildman–Crippen LogP) is 3.73. The summed E-state index contributed by atoms with van der Waals surface area (Å²) in [7, 11) is 0. The molecular formula is C20H18N2O2S. The van der Waals surface area contributed by atoms with Gasteiger partial charge in [0.2, 0.25) is 5.78 Å². The molecule has 0 N–H and O–H groups in total. The average molecular weight is 350 g/mol. The summed E-state index contributed by atoms with van der Waals surface area (Å²) in [4.78, 5) is 25.6. The molecule has 0 aliphatic rings. The number of benzene rings is 1. The number of Topliss-reactive ketones (excluding diaryl/α,β-unsaturated/α-hetero) is 1. The predicted molar refractivity (Wildman–Crippen MR) is 101 cm³/mol. The third-order valence-electron chi connectivity index (χ3n) is 4.05. The molecule has 3 rings (SSSR count). The molecule has 5 heteroatoms. The minimum atomic E-state index is -0.212. The first-order valence-corrected chi connectivity index (χ1v) is 8.71. The lowest BCUT2D eigenvalue weighted by Crippen LogP contribution is -2.23. The molecule has 0 bridgehead atoms. The fourth-order valence-corrected chi connectivity index (χ4v) is 3.50. The van der Waals surface area contributed by atoms with Crippen molar-refractivity contribution in [3.8, 4) is 0 Å². The summed E-state index contributed by atoms with van der Waals surface area (Å²) >= 11 is 1.35. The molecule has 0 unspecified atom stereocenters. The van der Waals surface area contributed by atoms with Crippen LogP contribution in [0.25, 0.3) is 6.08 Å². The third-order valence-corrected chi connectivity index (χ3v) is 4.99. The Morgan fingerprint density at radius 2 is 2.00 bits per heavy atom. The van der Waals surface area contributed by atoms with Crippen molar-refractivity contribution in [2.75, 3.05) is 0 Å². The molecule has 3 aromatic rings. The van der Waals surface area contributed by atoms with Crippen molar-refractivity contribution in [1.82, 2.24) is 8.94 Å². The lowest BCUT2D eigenvalue weighted by Gasteiger charge is -2.05. The van der Waals surface area contributed by atoms with Crippen LogP contribution in [0.15, 0.2) is 60.0 Å². The normalized spacial score (nSPS) is 10.6. The van der Waals surface area contributed by atoms with E-state index in [-0.39, 0.29) is 17.9 Å². The topological polar surface area (TPSA) is 52.0 Å². The number of hydrogen-bond donors (Lipinski definition) is 0. The van der Waals surface area contributed by atoms with E-state index in [2.05, 4.69) is 23.1 Å². The van der Waals surface area contributed by atoms with E-state index < -0.39 is 0 Å². The van der Waals surface area contributed by atoms with E-state index in [0.717, 1.165) is 22.4 Å². The number of nitrogens with zero attached hydrogens (tertiary/aromatic N) is 2. The molecule has 0 amide bonds. The number of hydrogen-bond acceptors (Lipinski definition) is 4. The number of pyridine rings is 1. The van der Waals surface area contributed by atoms with Gasteiger partial charge in [0.05, 0.1) is 6.54 Å². The van der Waals surface area contributed by atoms with Gasteiger partial charge in [0.1, 0.15) is 5.69 Å². The van der Waals surface area contributed by atoms with Crippen molar-refractivity contribution in [1.29, 1.82) is 0 Å². The van der Waals surface area contributed by atoms with Crippen LogP contribution in [0.1, 0.15) is 32.1 Å². The monoisotopic (exact) mass is 350 g/mol. The molecule has 1 aromatic carbocycles.